The van der Waals surface area contributed by atoms with Crippen LogP contribution < -0.4 is 4.90 Å². The maximum Gasteiger partial charge on any atom is 0.389 e. The van der Waals surface area contributed by atoms with Crippen molar-refractivity contribution in [3.05, 3.63) is 36.4 Å². The summed E-state index contributed by atoms with van der Waals surface area (Å²) >= 11 is 0.931. The van der Waals surface area contributed by atoms with E-state index in [2.05, 4.69) is 10.1 Å². The summed E-state index contributed by atoms with van der Waals surface area (Å²) in [6.45, 7) is 4.01. The number of amides is 1. The lowest BCUT2D eigenvalue weighted by atomic mass is 10.2. The van der Waals surface area contributed by atoms with Gasteiger partial charge in [-0.05, 0) is 25.5 Å². The lowest BCUT2D eigenvalue weighted by Crippen LogP contribution is -2.37. The van der Waals surface area contributed by atoms with E-state index in [1.165, 1.54) is 4.90 Å². The van der Waals surface area contributed by atoms with Crippen LogP contribution in [0.15, 0.2) is 30.7 Å². The first-order valence-corrected chi connectivity index (χ1v) is 9.95. The number of alkyl halides is 3. The number of carbonyl (C=O) groups is 1. The third kappa shape index (κ3) is 5.82. The largest absolute Gasteiger partial charge is 0.389 e. The third-order valence-corrected chi connectivity index (χ3v) is 4.89. The molecule has 0 unspecified atom stereocenters. The summed E-state index contributed by atoms with van der Waals surface area (Å²) in [5.74, 6) is -0.768. The molecular weight excluding hydrogens is 391 g/mol. The highest BCUT2D eigenvalue weighted by molar-refractivity contribution is 8.00. The monoisotopic (exact) mass is 413 g/mol. The van der Waals surface area contributed by atoms with E-state index in [1.54, 1.807) is 36.3 Å². The molecule has 1 N–H and O–H groups in total. The lowest BCUT2D eigenvalue weighted by molar-refractivity contribution is -0.129. The molecule has 2 heterocycles. The minimum absolute atomic E-state index is 0.0659. The molecule has 1 amide bonds. The normalized spacial score (nSPS) is 11.5. The summed E-state index contributed by atoms with van der Waals surface area (Å²) < 4.78 is 38.3. The van der Waals surface area contributed by atoms with E-state index in [0.29, 0.717) is 24.3 Å². The lowest BCUT2D eigenvalue weighted by Gasteiger charge is -2.20. The van der Waals surface area contributed by atoms with Gasteiger partial charge in [0, 0.05) is 24.2 Å². The fraction of sp³-hybridized carbons (Fsp3) is 0.444. The van der Waals surface area contributed by atoms with Crippen LogP contribution in [0.2, 0.25) is 0 Å². The van der Waals surface area contributed by atoms with Crippen LogP contribution in [0.3, 0.4) is 0 Å². The molecule has 0 saturated carbocycles. The number of nitrogens with zero attached hydrogens (tertiary/aromatic N) is 4. The second-order valence-electron chi connectivity index (χ2n) is 5.92. The number of aryl methyl sites for hydroxylation is 1. The van der Waals surface area contributed by atoms with Crippen LogP contribution in [0.1, 0.15) is 26.0 Å². The Bertz CT molecular complexity index is 807. The van der Waals surface area contributed by atoms with Gasteiger partial charge in [-0.2, -0.15) is 30.0 Å². The van der Waals surface area contributed by atoms with Crippen molar-refractivity contribution in [1.29, 1.82) is 5.41 Å². The van der Waals surface area contributed by atoms with Crippen molar-refractivity contribution in [2.75, 3.05) is 23.0 Å². The standard InChI is InChI=1S/C18H22F3N5OS/c1-3-15-16(11-26(24-15)13-6-5-8-23-10-13)25(4-2)17(27)14(22)12-28-9-7-18(19,20)21/h5-6,8,10-11,22H,3-4,7,9,12H2,1-2H3. The number of nitrogens with one attached hydrogen (secondary N) is 1. The van der Waals surface area contributed by atoms with Crippen LogP contribution in [-0.2, 0) is 11.2 Å². The number of anilines is 1. The van der Waals surface area contributed by atoms with Gasteiger partial charge in [-0.1, -0.05) is 6.92 Å². The Morgan fingerprint density at radius 3 is 2.68 bits per heavy atom. The predicted octanol–water partition coefficient (Wildman–Crippen LogP) is 3.89. The highest BCUT2D eigenvalue weighted by Crippen LogP contribution is 2.24. The maximum atomic E-state index is 12.7. The van der Waals surface area contributed by atoms with Gasteiger partial charge in [0.05, 0.1) is 35.9 Å². The fourth-order valence-corrected chi connectivity index (χ4v) is 3.36. The summed E-state index contributed by atoms with van der Waals surface area (Å²) in [5, 5.41) is 12.5. The Morgan fingerprint density at radius 1 is 1.36 bits per heavy atom. The topological polar surface area (TPSA) is 74.9 Å². The van der Waals surface area contributed by atoms with E-state index in [-0.39, 0.29) is 17.2 Å². The van der Waals surface area contributed by atoms with Gasteiger partial charge >= 0.3 is 6.18 Å². The first kappa shape index (κ1) is 21.9. The average Bonchev–Trinajstić information content (AvgIpc) is 3.09. The Morgan fingerprint density at radius 2 is 2.11 bits per heavy atom. The van der Waals surface area contributed by atoms with Crippen LogP contribution in [0.5, 0.6) is 0 Å². The van der Waals surface area contributed by atoms with E-state index in [0.717, 1.165) is 17.4 Å². The molecule has 0 fully saturated rings. The average molecular weight is 413 g/mol. The molecule has 152 valence electrons. The third-order valence-electron chi connectivity index (χ3n) is 3.90. The summed E-state index contributed by atoms with van der Waals surface area (Å²) in [7, 11) is 0. The summed E-state index contributed by atoms with van der Waals surface area (Å²) in [5.41, 5.74) is 1.79. The Hall–Kier alpha value is -2.36. The molecular formula is C18H22F3N5OS. The SMILES string of the molecule is CCc1nn(-c2cccnc2)cc1N(CC)C(=O)C(=N)CSCCC(F)(F)F. The molecule has 0 radical (unpaired) electrons. The van der Waals surface area contributed by atoms with Crippen molar-refractivity contribution >= 4 is 29.1 Å². The van der Waals surface area contributed by atoms with Gasteiger partial charge in [0.2, 0.25) is 0 Å². The van der Waals surface area contributed by atoms with Gasteiger partial charge in [0.15, 0.2) is 0 Å². The molecule has 0 aromatic carbocycles. The minimum Gasteiger partial charge on any atom is -0.304 e. The van der Waals surface area contributed by atoms with Crippen LogP contribution >= 0.6 is 11.8 Å². The zero-order valence-corrected chi connectivity index (χ0v) is 16.5. The van der Waals surface area contributed by atoms with Gasteiger partial charge in [-0.15, -0.1) is 0 Å². The Kier molecular flexibility index (Phi) is 7.61. The van der Waals surface area contributed by atoms with Crippen LogP contribution in [-0.4, -0.2) is 50.6 Å². The number of hydrogen-bond donors (Lipinski definition) is 1. The smallest absolute Gasteiger partial charge is 0.304 e. The highest BCUT2D eigenvalue weighted by atomic mass is 32.2. The van der Waals surface area contributed by atoms with Crippen LogP contribution in [0, 0.1) is 5.41 Å². The molecule has 0 saturated heterocycles. The van der Waals surface area contributed by atoms with Gasteiger partial charge in [0.25, 0.3) is 5.91 Å². The Labute approximate surface area is 165 Å². The molecule has 0 aliphatic carbocycles. The van der Waals surface area contributed by atoms with Crippen LogP contribution in [0.4, 0.5) is 18.9 Å². The summed E-state index contributed by atoms with van der Waals surface area (Å²) in [6.07, 6.45) is 0.420. The molecule has 0 aliphatic heterocycles. The van der Waals surface area contributed by atoms with E-state index in [9.17, 15) is 18.0 Å². The number of thioether (sulfide) groups is 1. The zero-order valence-electron chi connectivity index (χ0n) is 15.7. The van der Waals surface area contributed by atoms with Crippen LogP contribution in [0.25, 0.3) is 5.69 Å². The number of carbonyl (C=O) groups excluding carboxylic acids is 1. The molecule has 0 aliphatic rings. The number of hydrogen-bond acceptors (Lipinski definition) is 5. The molecule has 0 bridgehead atoms. The molecule has 28 heavy (non-hydrogen) atoms. The fourth-order valence-electron chi connectivity index (χ4n) is 2.51. The van der Waals surface area contributed by atoms with Crippen molar-refractivity contribution in [3.63, 3.8) is 0 Å². The molecule has 0 spiro atoms. The van der Waals surface area contributed by atoms with E-state index < -0.39 is 18.5 Å². The van der Waals surface area contributed by atoms with Crippen molar-refractivity contribution in [2.24, 2.45) is 0 Å². The molecule has 2 rings (SSSR count). The molecule has 10 heteroatoms. The minimum atomic E-state index is -4.23. The second-order valence-corrected chi connectivity index (χ2v) is 7.02. The highest BCUT2D eigenvalue weighted by Gasteiger charge is 2.27. The zero-order chi connectivity index (χ0) is 20.7. The Balaban J connectivity index is 2.12. The maximum absolute atomic E-state index is 12.7. The van der Waals surface area contributed by atoms with Crippen molar-refractivity contribution in [1.82, 2.24) is 14.8 Å². The predicted molar refractivity (Wildman–Crippen MR) is 104 cm³/mol. The van der Waals surface area contributed by atoms with Gasteiger partial charge in [-0.25, -0.2) is 4.68 Å². The van der Waals surface area contributed by atoms with E-state index >= 15 is 0 Å². The van der Waals surface area contributed by atoms with E-state index in [4.69, 9.17) is 5.41 Å². The van der Waals surface area contributed by atoms with Gasteiger partial charge < -0.3 is 4.90 Å². The number of rotatable bonds is 9. The van der Waals surface area contributed by atoms with Crippen molar-refractivity contribution < 1.29 is 18.0 Å². The van der Waals surface area contributed by atoms with Gasteiger partial charge in [-0.3, -0.25) is 15.2 Å². The molecule has 2 aromatic heterocycles. The molecule has 2 aromatic rings. The first-order chi connectivity index (χ1) is 13.3. The van der Waals surface area contributed by atoms with E-state index in [1.807, 2.05) is 13.0 Å². The molecule has 6 nitrogen and oxygen atoms in total. The molecule has 0 atom stereocenters. The summed E-state index contributed by atoms with van der Waals surface area (Å²) in [4.78, 5) is 18.2. The quantitative estimate of drug-likeness (QED) is 0.500. The van der Waals surface area contributed by atoms with Crippen molar-refractivity contribution in [3.8, 4) is 5.69 Å². The number of halogens is 3. The number of pyridine rings is 1. The second kappa shape index (κ2) is 9.72. The summed E-state index contributed by atoms with van der Waals surface area (Å²) in [6, 6.07) is 3.61. The number of aromatic nitrogens is 3. The van der Waals surface area contributed by atoms with Crippen molar-refractivity contribution in [2.45, 2.75) is 32.9 Å². The van der Waals surface area contributed by atoms with Gasteiger partial charge in [0.1, 0.15) is 5.71 Å². The first-order valence-electron chi connectivity index (χ1n) is 8.79.